The third-order valence-corrected chi connectivity index (χ3v) is 0.833. The van der Waals surface area contributed by atoms with Crippen molar-refractivity contribution in [2.45, 2.75) is 0 Å². The number of hydrogen-bond donors (Lipinski definition) is 0. The molecule has 0 aliphatic carbocycles. The largest absolute Gasteiger partial charge is 5.00 e. The Labute approximate surface area is 203 Å². The molecule has 0 unspecified atom stereocenters. The SMILES string of the molecule is O=C([O-])C(=O)[O-].O=C([O-])C(=O)[O-].O=C([O-])C(=O)[O-].O=C([O-])C(=O)[O-].O=C([O-])C(=O)[O-].[Ta+5].[Ta+5]. The molecule has 22 heteroatoms. The van der Waals surface area contributed by atoms with Crippen molar-refractivity contribution in [2.75, 3.05) is 0 Å². The Morgan fingerprint density at radius 3 is 0.250 bits per heavy atom. The van der Waals surface area contributed by atoms with E-state index in [1.165, 1.54) is 0 Å². The summed E-state index contributed by atoms with van der Waals surface area (Å²) in [6.45, 7) is 0. The van der Waals surface area contributed by atoms with Crippen molar-refractivity contribution in [3.8, 4) is 0 Å². The van der Waals surface area contributed by atoms with E-state index in [1.54, 1.807) is 0 Å². The minimum Gasteiger partial charge on any atom is -0.543 e. The second-order valence-electron chi connectivity index (χ2n) is 2.87. The van der Waals surface area contributed by atoms with Crippen LogP contribution in [0.5, 0.6) is 0 Å². The fraction of sp³-hybridized carbons (Fsp3) is 0. The number of rotatable bonds is 0. The van der Waals surface area contributed by atoms with E-state index in [9.17, 15) is 0 Å². The van der Waals surface area contributed by atoms with Crippen LogP contribution in [0.3, 0.4) is 0 Å². The summed E-state index contributed by atoms with van der Waals surface area (Å²) >= 11 is 0. The normalized spacial score (nSPS) is 6.88. The molecule has 32 heavy (non-hydrogen) atoms. The zero-order valence-electron chi connectivity index (χ0n) is 14.1. The van der Waals surface area contributed by atoms with E-state index in [2.05, 4.69) is 0 Å². The molecular weight excluding hydrogens is 802 g/mol. The molecule has 0 saturated carbocycles. The molecule has 0 radical (unpaired) electrons. The van der Waals surface area contributed by atoms with Gasteiger partial charge in [-0.3, -0.25) is 0 Å². The van der Waals surface area contributed by atoms with Gasteiger partial charge in [0.2, 0.25) is 0 Å². The van der Waals surface area contributed by atoms with Crippen LogP contribution in [0.1, 0.15) is 0 Å². The standard InChI is InChI=1S/5C2H2O4.2Ta/c5*3-1(4)2(5)6;;/h5*(H,3,4)(H,5,6);;/q;;;;;2*+5/p-10. The van der Waals surface area contributed by atoms with Gasteiger partial charge in [0.25, 0.3) is 0 Å². The monoisotopic (exact) mass is 802 g/mol. The number of carbonyl (C=O) groups is 10. The first kappa shape index (κ1) is 46.4. The molecular formula is C10O20Ta2. The minimum absolute atomic E-state index is 0. The Morgan fingerprint density at radius 1 is 0.219 bits per heavy atom. The zero-order chi connectivity index (χ0) is 25.8. The van der Waals surface area contributed by atoms with Crippen molar-refractivity contribution in [1.29, 1.82) is 0 Å². The number of carbonyl (C=O) groups excluding carboxylic acids is 10. The Hall–Kier alpha value is -3.82. The summed E-state index contributed by atoms with van der Waals surface area (Å²) in [6.07, 6.45) is 0. The molecule has 0 atom stereocenters. The Balaban J connectivity index is -0.0000000481. The van der Waals surface area contributed by atoms with E-state index in [0.717, 1.165) is 0 Å². The topological polar surface area (TPSA) is 401 Å². The van der Waals surface area contributed by atoms with Crippen LogP contribution >= 0.6 is 0 Å². The van der Waals surface area contributed by atoms with Gasteiger partial charge < -0.3 is 99.0 Å². The van der Waals surface area contributed by atoms with E-state index < -0.39 is 59.7 Å². The zero-order valence-corrected chi connectivity index (χ0v) is 20.5. The molecule has 0 saturated heterocycles. The van der Waals surface area contributed by atoms with Crippen LogP contribution in [-0.2, 0) is 92.7 Å². The smallest absolute Gasteiger partial charge is 0.543 e. The third-order valence-electron chi connectivity index (χ3n) is 0.833. The summed E-state index contributed by atoms with van der Waals surface area (Å²) in [4.78, 5) is 89.3. The number of carboxylic acid groups (broad SMARTS) is 10. The summed E-state index contributed by atoms with van der Waals surface area (Å²) < 4.78 is 0. The van der Waals surface area contributed by atoms with E-state index in [0.29, 0.717) is 0 Å². The molecule has 0 rings (SSSR count). The fourth-order valence-corrected chi connectivity index (χ4v) is 0. The molecule has 0 aromatic carbocycles. The molecule has 170 valence electrons. The summed E-state index contributed by atoms with van der Waals surface area (Å²) in [5, 5.41) is 89.3. The van der Waals surface area contributed by atoms with Crippen molar-refractivity contribution < 1.29 is 144 Å². The van der Waals surface area contributed by atoms with Crippen molar-refractivity contribution in [3.63, 3.8) is 0 Å². The van der Waals surface area contributed by atoms with Gasteiger partial charge in [0.1, 0.15) is 0 Å². The van der Waals surface area contributed by atoms with Gasteiger partial charge >= 0.3 is 44.8 Å². The van der Waals surface area contributed by atoms with Crippen molar-refractivity contribution >= 4 is 59.7 Å². The fourth-order valence-electron chi connectivity index (χ4n) is 0. The average Bonchev–Trinajstić information content (AvgIpc) is 2.56. The second-order valence-corrected chi connectivity index (χ2v) is 2.87. The van der Waals surface area contributed by atoms with E-state index >= 15 is 0 Å². The molecule has 0 aliphatic rings. The Kier molecular flexibility index (Phi) is 39.4. The molecule has 0 aromatic heterocycles. The molecule has 0 bridgehead atoms. The van der Waals surface area contributed by atoms with Crippen molar-refractivity contribution in [3.05, 3.63) is 0 Å². The van der Waals surface area contributed by atoms with Gasteiger partial charge in [-0.2, -0.15) is 0 Å². The molecule has 0 N–H and O–H groups in total. The molecule has 0 amide bonds. The molecule has 0 aromatic rings. The summed E-state index contributed by atoms with van der Waals surface area (Å²) in [5.41, 5.74) is 0. The van der Waals surface area contributed by atoms with Crippen LogP contribution in [0.4, 0.5) is 0 Å². The van der Waals surface area contributed by atoms with Crippen LogP contribution < -0.4 is 51.1 Å². The van der Waals surface area contributed by atoms with Crippen LogP contribution in [0, 0.1) is 0 Å². The van der Waals surface area contributed by atoms with Gasteiger partial charge in [0, 0.05) is 0 Å². The maximum absolute atomic E-state index is 8.93. The number of carboxylic acids is 10. The maximum atomic E-state index is 8.93. The van der Waals surface area contributed by atoms with E-state index in [4.69, 9.17) is 99.0 Å². The molecule has 0 fully saturated rings. The molecule has 0 heterocycles. The van der Waals surface area contributed by atoms with E-state index in [-0.39, 0.29) is 44.8 Å². The van der Waals surface area contributed by atoms with Gasteiger partial charge in [-0.25, -0.2) is 0 Å². The van der Waals surface area contributed by atoms with Gasteiger partial charge in [0.05, 0.1) is 59.7 Å². The molecule has 0 spiro atoms. The van der Waals surface area contributed by atoms with Crippen LogP contribution in [0.15, 0.2) is 0 Å². The Bertz CT molecular complexity index is 508. The first-order valence-electron chi connectivity index (χ1n) is 5.33. The number of aliphatic carboxylic acids is 10. The molecule has 0 aliphatic heterocycles. The predicted octanol–water partition coefficient (Wildman–Crippen LogP) is -17.6. The average molecular weight is 802 g/mol. The number of hydrogen-bond acceptors (Lipinski definition) is 20. The first-order chi connectivity index (χ1) is 13.2. The predicted molar refractivity (Wildman–Crippen MR) is 50.1 cm³/mol. The third kappa shape index (κ3) is 63.4. The van der Waals surface area contributed by atoms with Crippen molar-refractivity contribution in [2.24, 2.45) is 0 Å². The van der Waals surface area contributed by atoms with E-state index in [1.807, 2.05) is 0 Å². The molecule has 20 nitrogen and oxygen atoms in total. The van der Waals surface area contributed by atoms with Gasteiger partial charge in [-0.15, -0.1) is 0 Å². The summed E-state index contributed by atoms with van der Waals surface area (Å²) in [7, 11) is 0. The van der Waals surface area contributed by atoms with Crippen LogP contribution in [-0.4, -0.2) is 59.7 Å². The maximum Gasteiger partial charge on any atom is 5.00 e. The van der Waals surface area contributed by atoms with Crippen LogP contribution in [0.25, 0.3) is 0 Å². The summed E-state index contributed by atoms with van der Waals surface area (Å²) in [6, 6.07) is 0. The quantitative estimate of drug-likeness (QED) is 0.205. The van der Waals surface area contributed by atoms with Crippen molar-refractivity contribution in [1.82, 2.24) is 0 Å². The van der Waals surface area contributed by atoms with Gasteiger partial charge in [-0.05, 0) is 0 Å². The Morgan fingerprint density at radius 2 is 0.250 bits per heavy atom. The minimum atomic E-state index is -2.19. The second kappa shape index (κ2) is 27.2. The van der Waals surface area contributed by atoms with Crippen LogP contribution in [0.2, 0.25) is 0 Å². The summed E-state index contributed by atoms with van der Waals surface area (Å²) in [5.74, 6) is -21.9. The van der Waals surface area contributed by atoms with Gasteiger partial charge in [-0.1, -0.05) is 0 Å². The first-order valence-corrected chi connectivity index (χ1v) is 5.33. The van der Waals surface area contributed by atoms with Gasteiger partial charge in [0.15, 0.2) is 0 Å².